The third kappa shape index (κ3) is 1.74. The highest BCUT2D eigenvalue weighted by atomic mass is 16.4. The van der Waals surface area contributed by atoms with Crippen molar-refractivity contribution in [2.24, 2.45) is 0 Å². The van der Waals surface area contributed by atoms with Crippen LogP contribution in [-0.4, -0.2) is 32.2 Å². The van der Waals surface area contributed by atoms with Gasteiger partial charge in [0.25, 0.3) is 5.82 Å². The minimum absolute atomic E-state index is 0.191. The van der Waals surface area contributed by atoms with E-state index in [2.05, 4.69) is 15.4 Å². The molecule has 0 spiro atoms. The van der Waals surface area contributed by atoms with Crippen LogP contribution >= 0.6 is 0 Å². The molecule has 0 fully saturated rings. The molecule has 0 saturated carbocycles. The molecule has 78 valence electrons. The number of carboxylic acid groups (broad SMARTS) is 1. The van der Waals surface area contributed by atoms with Gasteiger partial charge >= 0.3 is 5.97 Å². The summed E-state index contributed by atoms with van der Waals surface area (Å²) in [6.45, 7) is 2.78. The van der Waals surface area contributed by atoms with Gasteiger partial charge in [-0.05, 0) is 13.0 Å². The van der Waals surface area contributed by atoms with Gasteiger partial charge < -0.3 is 10.4 Å². The van der Waals surface area contributed by atoms with Gasteiger partial charge in [-0.3, -0.25) is 0 Å². The lowest BCUT2D eigenvalue weighted by Gasteiger charge is -2.01. The molecule has 2 rings (SSSR count). The maximum Gasteiger partial charge on any atom is 0.375 e. The SMILES string of the molecule is CCNc1ccn2nc(C(=O)O)nc2c1. The predicted octanol–water partition coefficient (Wildman–Crippen LogP) is 0.859. The number of aromatic nitrogens is 3. The van der Waals surface area contributed by atoms with Gasteiger partial charge in [0, 0.05) is 24.5 Å². The second-order valence-corrected chi connectivity index (χ2v) is 2.99. The molecule has 0 bridgehead atoms. The fourth-order valence-electron chi connectivity index (χ4n) is 1.29. The minimum atomic E-state index is -1.12. The van der Waals surface area contributed by atoms with E-state index in [1.165, 1.54) is 4.52 Å². The van der Waals surface area contributed by atoms with Crippen molar-refractivity contribution in [3.05, 3.63) is 24.2 Å². The molecule has 0 aliphatic carbocycles. The van der Waals surface area contributed by atoms with Crippen LogP contribution < -0.4 is 5.32 Å². The molecule has 0 aliphatic rings. The van der Waals surface area contributed by atoms with Crippen molar-refractivity contribution in [2.45, 2.75) is 6.92 Å². The molecule has 0 atom stereocenters. The summed E-state index contributed by atoms with van der Waals surface area (Å²) in [5, 5.41) is 15.6. The number of carboxylic acids is 1. The summed E-state index contributed by atoms with van der Waals surface area (Å²) in [5.41, 5.74) is 1.42. The van der Waals surface area contributed by atoms with E-state index in [-0.39, 0.29) is 5.82 Å². The number of fused-ring (bicyclic) bond motifs is 1. The van der Waals surface area contributed by atoms with Gasteiger partial charge in [0.2, 0.25) is 0 Å². The largest absolute Gasteiger partial charge is 0.475 e. The lowest BCUT2D eigenvalue weighted by Crippen LogP contribution is -1.99. The molecule has 2 heterocycles. The van der Waals surface area contributed by atoms with E-state index in [4.69, 9.17) is 5.11 Å². The number of hydrogen-bond donors (Lipinski definition) is 2. The molecular formula is C9H10N4O2. The van der Waals surface area contributed by atoms with Gasteiger partial charge in [0.15, 0.2) is 5.65 Å². The first-order valence-corrected chi connectivity index (χ1v) is 4.54. The zero-order chi connectivity index (χ0) is 10.8. The highest BCUT2D eigenvalue weighted by molar-refractivity contribution is 5.83. The van der Waals surface area contributed by atoms with Crippen LogP contribution in [0.15, 0.2) is 18.3 Å². The van der Waals surface area contributed by atoms with Crippen LogP contribution in [0.5, 0.6) is 0 Å². The molecule has 6 heteroatoms. The molecule has 0 saturated heterocycles. The quantitative estimate of drug-likeness (QED) is 0.778. The van der Waals surface area contributed by atoms with E-state index < -0.39 is 5.97 Å². The molecule has 2 aromatic heterocycles. The van der Waals surface area contributed by atoms with E-state index >= 15 is 0 Å². The molecule has 2 N–H and O–H groups in total. The van der Waals surface area contributed by atoms with Crippen LogP contribution in [0.2, 0.25) is 0 Å². The summed E-state index contributed by atoms with van der Waals surface area (Å²) in [6.07, 6.45) is 1.67. The molecule has 0 aliphatic heterocycles. The molecule has 2 aromatic rings. The van der Waals surface area contributed by atoms with Gasteiger partial charge in [-0.2, -0.15) is 0 Å². The van der Waals surface area contributed by atoms with E-state index in [9.17, 15) is 4.79 Å². The van der Waals surface area contributed by atoms with E-state index in [1.807, 2.05) is 13.0 Å². The highest BCUT2D eigenvalue weighted by Crippen LogP contribution is 2.10. The first-order valence-electron chi connectivity index (χ1n) is 4.54. The second kappa shape index (κ2) is 3.56. The Morgan fingerprint density at radius 3 is 3.13 bits per heavy atom. The van der Waals surface area contributed by atoms with Crippen molar-refractivity contribution in [3.63, 3.8) is 0 Å². The normalized spacial score (nSPS) is 10.5. The van der Waals surface area contributed by atoms with Gasteiger partial charge in [0.05, 0.1) is 0 Å². The lowest BCUT2D eigenvalue weighted by molar-refractivity contribution is 0.0684. The Hall–Kier alpha value is -2.11. The Balaban J connectivity index is 2.47. The number of nitrogens with zero attached hydrogens (tertiary/aromatic N) is 3. The van der Waals surface area contributed by atoms with Crippen LogP contribution in [-0.2, 0) is 0 Å². The third-order valence-corrected chi connectivity index (χ3v) is 1.91. The summed E-state index contributed by atoms with van der Waals surface area (Å²) in [7, 11) is 0. The summed E-state index contributed by atoms with van der Waals surface area (Å²) >= 11 is 0. The minimum Gasteiger partial charge on any atom is -0.475 e. The first-order chi connectivity index (χ1) is 7.20. The zero-order valence-corrected chi connectivity index (χ0v) is 8.14. The topological polar surface area (TPSA) is 79.5 Å². The highest BCUT2D eigenvalue weighted by Gasteiger charge is 2.10. The number of carbonyl (C=O) groups is 1. The summed E-state index contributed by atoms with van der Waals surface area (Å²) < 4.78 is 1.43. The summed E-state index contributed by atoms with van der Waals surface area (Å²) in [6, 6.07) is 3.57. The average molecular weight is 206 g/mol. The molecule has 6 nitrogen and oxygen atoms in total. The fourth-order valence-corrected chi connectivity index (χ4v) is 1.29. The maximum atomic E-state index is 10.6. The fraction of sp³-hybridized carbons (Fsp3) is 0.222. The van der Waals surface area contributed by atoms with Gasteiger partial charge in [-0.1, -0.05) is 0 Å². The number of anilines is 1. The number of nitrogens with one attached hydrogen (secondary N) is 1. The number of pyridine rings is 1. The van der Waals surface area contributed by atoms with Crippen LogP contribution in [0.25, 0.3) is 5.65 Å². The van der Waals surface area contributed by atoms with Crippen molar-refractivity contribution >= 4 is 17.3 Å². The van der Waals surface area contributed by atoms with Crippen LogP contribution in [0.4, 0.5) is 5.69 Å². The van der Waals surface area contributed by atoms with E-state index in [1.54, 1.807) is 12.3 Å². The summed E-state index contributed by atoms with van der Waals surface area (Å²) in [4.78, 5) is 14.5. The van der Waals surface area contributed by atoms with E-state index in [0.717, 1.165) is 12.2 Å². The van der Waals surface area contributed by atoms with E-state index in [0.29, 0.717) is 5.65 Å². The number of hydrogen-bond acceptors (Lipinski definition) is 4. The van der Waals surface area contributed by atoms with Crippen molar-refractivity contribution in [1.82, 2.24) is 14.6 Å². The first kappa shape index (κ1) is 9.45. The number of rotatable bonds is 3. The number of aromatic carboxylic acids is 1. The van der Waals surface area contributed by atoms with Crippen LogP contribution in [0.1, 0.15) is 17.5 Å². The summed E-state index contributed by atoms with van der Waals surface area (Å²) in [5.74, 6) is -1.31. The molecule has 15 heavy (non-hydrogen) atoms. The Morgan fingerprint density at radius 2 is 2.47 bits per heavy atom. The van der Waals surface area contributed by atoms with Gasteiger partial charge in [0.1, 0.15) is 0 Å². The smallest absolute Gasteiger partial charge is 0.375 e. The zero-order valence-electron chi connectivity index (χ0n) is 8.14. The van der Waals surface area contributed by atoms with Crippen molar-refractivity contribution in [1.29, 1.82) is 0 Å². The molecule has 0 radical (unpaired) electrons. The van der Waals surface area contributed by atoms with Crippen molar-refractivity contribution in [2.75, 3.05) is 11.9 Å². The monoisotopic (exact) mass is 206 g/mol. The lowest BCUT2D eigenvalue weighted by atomic mass is 10.4. The third-order valence-electron chi connectivity index (χ3n) is 1.91. The van der Waals surface area contributed by atoms with Gasteiger partial charge in [-0.25, -0.2) is 14.3 Å². The van der Waals surface area contributed by atoms with Gasteiger partial charge in [-0.15, -0.1) is 5.10 Å². The Labute approximate surface area is 85.6 Å². The second-order valence-electron chi connectivity index (χ2n) is 2.99. The van der Waals surface area contributed by atoms with Crippen molar-refractivity contribution < 1.29 is 9.90 Å². The predicted molar refractivity (Wildman–Crippen MR) is 54.1 cm³/mol. The van der Waals surface area contributed by atoms with Crippen LogP contribution in [0.3, 0.4) is 0 Å². The molecule has 0 unspecified atom stereocenters. The molecule has 0 aromatic carbocycles. The average Bonchev–Trinajstić information content (AvgIpc) is 2.61. The van der Waals surface area contributed by atoms with Crippen LogP contribution in [0, 0.1) is 0 Å². The standard InChI is InChI=1S/C9H10N4O2/c1-2-10-6-3-4-13-7(5-6)11-8(12-13)9(14)15/h3-5,10H,2H2,1H3,(H,14,15). The molecular weight excluding hydrogens is 196 g/mol. The Bertz CT molecular complexity index is 506. The molecule has 0 amide bonds. The van der Waals surface area contributed by atoms with Crippen molar-refractivity contribution in [3.8, 4) is 0 Å². The maximum absolute atomic E-state index is 10.6. The Kier molecular flexibility index (Phi) is 2.24. The Morgan fingerprint density at radius 1 is 1.67 bits per heavy atom.